The number of carbonyl (C=O) groups excluding carboxylic acids is 2. The monoisotopic (exact) mass is 431 g/mol. The van der Waals surface area contributed by atoms with E-state index in [-0.39, 0.29) is 40.0 Å². The first-order valence-electron chi connectivity index (χ1n) is 10.1. The van der Waals surface area contributed by atoms with E-state index < -0.39 is 5.82 Å². The molecule has 0 atom stereocenters. The van der Waals surface area contributed by atoms with Crippen molar-refractivity contribution in [2.24, 2.45) is 5.41 Å². The van der Waals surface area contributed by atoms with Crippen LogP contribution in [-0.4, -0.2) is 33.8 Å². The highest BCUT2D eigenvalue weighted by Gasteiger charge is 2.68. The number of Topliss-reactive ketones (excluding diaryl/α,β-unsaturated/α-hetero) is 1. The Bertz CT molecular complexity index is 960. The summed E-state index contributed by atoms with van der Waals surface area (Å²) >= 11 is 5.63. The first kappa shape index (κ1) is 20.7. The molecule has 2 aromatic rings. The first-order valence-corrected chi connectivity index (χ1v) is 10.4. The second-order valence-corrected chi connectivity index (χ2v) is 8.87. The van der Waals surface area contributed by atoms with Crippen LogP contribution < -0.4 is 10.1 Å². The van der Waals surface area contributed by atoms with Crippen molar-refractivity contribution < 1.29 is 18.7 Å². The molecule has 0 spiro atoms. The molecule has 2 bridgehead atoms. The van der Waals surface area contributed by atoms with Crippen LogP contribution in [-0.2, 0) is 11.2 Å². The molecule has 30 heavy (non-hydrogen) atoms. The summed E-state index contributed by atoms with van der Waals surface area (Å²) in [6, 6.07) is 4.04. The number of benzene rings is 1. The number of hydrogen-bond donors (Lipinski definition) is 1. The summed E-state index contributed by atoms with van der Waals surface area (Å²) in [4.78, 5) is 33.3. The minimum atomic E-state index is -0.592. The number of aryl methyl sites for hydroxylation is 1. The molecule has 0 radical (unpaired) electrons. The number of rotatable bonds is 9. The first-order chi connectivity index (χ1) is 14.3. The predicted molar refractivity (Wildman–Crippen MR) is 109 cm³/mol. The summed E-state index contributed by atoms with van der Waals surface area (Å²) in [6.45, 7) is 1.87. The lowest BCUT2D eigenvalue weighted by Crippen LogP contribution is -2.75. The van der Waals surface area contributed by atoms with Crippen molar-refractivity contribution >= 4 is 23.3 Å². The molecular weight excluding hydrogens is 409 g/mol. The van der Waals surface area contributed by atoms with Crippen LogP contribution >= 0.6 is 11.6 Å². The highest BCUT2D eigenvalue weighted by Crippen LogP contribution is 2.69. The molecule has 3 saturated carbocycles. The third kappa shape index (κ3) is 4.17. The van der Waals surface area contributed by atoms with Crippen molar-refractivity contribution in [1.82, 2.24) is 15.3 Å². The fraction of sp³-hybridized carbons (Fsp3) is 0.455. The molecule has 5 rings (SSSR count). The Kier molecular flexibility index (Phi) is 5.49. The number of hydrogen-bond acceptors (Lipinski definition) is 5. The standard InChI is InChI=1S/C22H23ClFN3O3/c1-2-3-14-8-26-18(9-25-14)19(28)7-21-11-22(12-21,13-21)27-20(29)10-30-15-4-5-16(23)17(24)6-15/h4-6,8-9H,2-3,7,10-13H2,1H3,(H,27,29). The van der Waals surface area contributed by atoms with E-state index in [4.69, 9.17) is 16.3 Å². The predicted octanol–water partition coefficient (Wildman–Crippen LogP) is 3.91. The topological polar surface area (TPSA) is 81.2 Å². The van der Waals surface area contributed by atoms with E-state index in [2.05, 4.69) is 22.2 Å². The van der Waals surface area contributed by atoms with Gasteiger partial charge in [0.05, 0.1) is 16.9 Å². The van der Waals surface area contributed by atoms with Gasteiger partial charge in [-0.3, -0.25) is 14.6 Å². The smallest absolute Gasteiger partial charge is 0.258 e. The Morgan fingerprint density at radius 2 is 2.00 bits per heavy atom. The van der Waals surface area contributed by atoms with Gasteiger partial charge in [0.2, 0.25) is 0 Å². The summed E-state index contributed by atoms with van der Waals surface area (Å²) in [6.07, 6.45) is 7.81. The Morgan fingerprint density at radius 1 is 1.23 bits per heavy atom. The van der Waals surface area contributed by atoms with Gasteiger partial charge in [-0.2, -0.15) is 0 Å². The molecule has 0 saturated heterocycles. The molecule has 0 aliphatic heterocycles. The molecule has 0 unspecified atom stereocenters. The molecule has 1 aromatic carbocycles. The number of halogens is 2. The van der Waals surface area contributed by atoms with Gasteiger partial charge in [-0.05, 0) is 43.2 Å². The second-order valence-electron chi connectivity index (χ2n) is 8.47. The minimum Gasteiger partial charge on any atom is -0.484 e. The molecule has 3 fully saturated rings. The van der Waals surface area contributed by atoms with E-state index in [9.17, 15) is 14.0 Å². The zero-order chi connectivity index (χ0) is 21.4. The summed E-state index contributed by atoms with van der Waals surface area (Å²) in [5.41, 5.74) is 1.00. The van der Waals surface area contributed by atoms with Gasteiger partial charge >= 0.3 is 0 Å². The maximum Gasteiger partial charge on any atom is 0.258 e. The zero-order valence-corrected chi connectivity index (χ0v) is 17.5. The summed E-state index contributed by atoms with van der Waals surface area (Å²) in [7, 11) is 0. The van der Waals surface area contributed by atoms with Gasteiger partial charge < -0.3 is 10.1 Å². The van der Waals surface area contributed by atoms with Gasteiger partial charge in [-0.1, -0.05) is 24.9 Å². The van der Waals surface area contributed by atoms with Crippen molar-refractivity contribution in [3.8, 4) is 5.75 Å². The number of nitrogens with one attached hydrogen (secondary N) is 1. The SMILES string of the molecule is CCCc1cnc(C(=O)CC23CC(NC(=O)COc4ccc(Cl)c(F)c4)(C2)C3)cn1. The number of amides is 1. The molecule has 158 valence electrons. The van der Waals surface area contributed by atoms with Crippen molar-refractivity contribution in [1.29, 1.82) is 0 Å². The van der Waals surface area contributed by atoms with Crippen LogP contribution in [0.1, 0.15) is 55.2 Å². The number of carbonyl (C=O) groups is 2. The van der Waals surface area contributed by atoms with E-state index in [1.807, 2.05) is 0 Å². The van der Waals surface area contributed by atoms with E-state index in [0.717, 1.165) is 43.9 Å². The van der Waals surface area contributed by atoms with Crippen molar-refractivity contribution in [2.75, 3.05) is 6.61 Å². The molecular formula is C22H23ClFN3O3. The highest BCUT2D eigenvalue weighted by atomic mass is 35.5. The van der Waals surface area contributed by atoms with Crippen LogP contribution in [0.15, 0.2) is 30.6 Å². The average Bonchev–Trinajstić information content (AvgIpc) is 2.67. The third-order valence-electron chi connectivity index (χ3n) is 5.84. The molecule has 1 aromatic heterocycles. The van der Waals surface area contributed by atoms with Crippen LogP contribution in [0.3, 0.4) is 0 Å². The number of nitrogens with zero attached hydrogens (tertiary/aromatic N) is 2. The third-order valence-corrected chi connectivity index (χ3v) is 6.14. The lowest BCUT2D eigenvalue weighted by Gasteiger charge is -2.70. The Morgan fingerprint density at radius 3 is 2.63 bits per heavy atom. The van der Waals surface area contributed by atoms with Gasteiger partial charge in [-0.25, -0.2) is 9.37 Å². The van der Waals surface area contributed by atoms with Gasteiger partial charge in [0.1, 0.15) is 17.3 Å². The van der Waals surface area contributed by atoms with E-state index >= 15 is 0 Å². The van der Waals surface area contributed by atoms with Gasteiger partial charge in [0.25, 0.3) is 5.91 Å². The van der Waals surface area contributed by atoms with E-state index in [1.165, 1.54) is 12.1 Å². The molecule has 3 aliphatic carbocycles. The van der Waals surface area contributed by atoms with Crippen LogP contribution in [0, 0.1) is 11.2 Å². The summed E-state index contributed by atoms with van der Waals surface area (Å²) in [5.74, 6) is -0.608. The molecule has 3 aliphatic rings. The molecule has 6 nitrogen and oxygen atoms in total. The van der Waals surface area contributed by atoms with Crippen LogP contribution in [0.25, 0.3) is 0 Å². The van der Waals surface area contributed by atoms with Crippen molar-refractivity contribution in [3.63, 3.8) is 0 Å². The van der Waals surface area contributed by atoms with Crippen LogP contribution in [0.5, 0.6) is 5.75 Å². The van der Waals surface area contributed by atoms with Crippen molar-refractivity contribution in [2.45, 2.75) is 51.0 Å². The summed E-state index contributed by atoms with van der Waals surface area (Å²) in [5, 5.41) is 2.99. The summed E-state index contributed by atoms with van der Waals surface area (Å²) < 4.78 is 18.7. The molecule has 1 amide bonds. The molecule has 1 N–H and O–H groups in total. The Balaban J connectivity index is 1.22. The number of aromatic nitrogens is 2. The lowest BCUT2D eigenvalue weighted by molar-refractivity contribution is -0.164. The maximum atomic E-state index is 13.4. The van der Waals surface area contributed by atoms with Crippen LogP contribution in [0.4, 0.5) is 4.39 Å². The largest absolute Gasteiger partial charge is 0.484 e. The molecule has 8 heteroatoms. The fourth-order valence-corrected chi connectivity index (χ4v) is 4.80. The molecule has 1 heterocycles. The lowest BCUT2D eigenvalue weighted by atomic mass is 9.38. The van der Waals surface area contributed by atoms with Crippen molar-refractivity contribution in [3.05, 3.63) is 52.8 Å². The van der Waals surface area contributed by atoms with Gasteiger partial charge in [0, 0.05) is 24.2 Å². The highest BCUT2D eigenvalue weighted by molar-refractivity contribution is 6.30. The fourth-order valence-electron chi connectivity index (χ4n) is 4.68. The van der Waals surface area contributed by atoms with E-state index in [1.54, 1.807) is 12.4 Å². The van der Waals surface area contributed by atoms with Crippen LogP contribution in [0.2, 0.25) is 5.02 Å². The Labute approximate surface area is 179 Å². The van der Waals surface area contributed by atoms with Gasteiger partial charge in [0.15, 0.2) is 12.4 Å². The van der Waals surface area contributed by atoms with E-state index in [0.29, 0.717) is 12.1 Å². The quantitative estimate of drug-likeness (QED) is 0.609. The van der Waals surface area contributed by atoms with Gasteiger partial charge in [-0.15, -0.1) is 0 Å². The Hall–Kier alpha value is -2.54. The zero-order valence-electron chi connectivity index (χ0n) is 16.7. The second kappa shape index (κ2) is 7.95. The maximum absolute atomic E-state index is 13.4. The number of ether oxygens (including phenoxy) is 1. The average molecular weight is 432 g/mol. The minimum absolute atomic E-state index is 0.00160. The normalized spacial score (nSPS) is 23.8. The number of ketones is 1.